The maximum atomic E-state index is 4.68. The highest BCUT2D eigenvalue weighted by molar-refractivity contribution is 7.18. The highest BCUT2D eigenvalue weighted by Crippen LogP contribution is 2.29. The molecule has 8 nitrogen and oxygen atoms in total. The Morgan fingerprint density at radius 1 is 0.805 bits per heavy atom. The van der Waals surface area contributed by atoms with Crippen LogP contribution in [-0.4, -0.2) is 62.5 Å². The van der Waals surface area contributed by atoms with Crippen molar-refractivity contribution in [3.63, 3.8) is 0 Å². The molecule has 1 aromatic carbocycles. The maximum Gasteiger partial charge on any atom is 0.223 e. The molecule has 9 heteroatoms. The van der Waals surface area contributed by atoms with E-state index in [-0.39, 0.29) is 0 Å². The van der Waals surface area contributed by atoms with Crippen LogP contribution in [0.4, 0.5) is 16.9 Å². The summed E-state index contributed by atoms with van der Waals surface area (Å²) in [5.41, 5.74) is 3.52. The molecule has 0 bridgehead atoms. The van der Waals surface area contributed by atoms with Gasteiger partial charge in [-0.25, -0.2) is 19.9 Å². The molecule has 1 aliphatic heterocycles. The maximum absolute atomic E-state index is 4.68. The summed E-state index contributed by atoms with van der Waals surface area (Å²) in [6, 6.07) is 16.9. The zero-order valence-electron chi connectivity index (χ0n) is 24.7. The van der Waals surface area contributed by atoms with Gasteiger partial charge in [0, 0.05) is 64.4 Å². The van der Waals surface area contributed by atoms with Gasteiger partial charge in [0.15, 0.2) is 5.13 Å². The van der Waals surface area contributed by atoms with Crippen molar-refractivity contribution in [2.75, 3.05) is 43.4 Å². The molecule has 0 spiro atoms. The predicted octanol–water partition coefficient (Wildman–Crippen LogP) is 7.07. The van der Waals surface area contributed by atoms with Crippen molar-refractivity contribution in [2.45, 2.75) is 59.5 Å². The molecule has 0 amide bonds. The van der Waals surface area contributed by atoms with Gasteiger partial charge in [-0.15, -0.1) is 0 Å². The fraction of sp³-hybridized carbons (Fsp3) is 0.438. The Labute approximate surface area is 249 Å². The van der Waals surface area contributed by atoms with Gasteiger partial charge in [-0.3, -0.25) is 9.80 Å². The van der Waals surface area contributed by atoms with Crippen LogP contribution in [0.5, 0.6) is 0 Å². The third-order valence-electron chi connectivity index (χ3n) is 6.91. The first-order valence-corrected chi connectivity index (χ1v) is 15.8. The molecule has 0 saturated carbocycles. The molecule has 1 fully saturated rings. The first-order valence-electron chi connectivity index (χ1n) is 15.0. The van der Waals surface area contributed by atoms with Crippen LogP contribution >= 0.6 is 11.3 Å². The van der Waals surface area contributed by atoms with Crippen LogP contribution in [0.1, 0.15) is 57.6 Å². The second-order valence-electron chi connectivity index (χ2n) is 9.99. The third kappa shape index (κ3) is 9.88. The highest BCUT2D eigenvalue weighted by atomic mass is 32.1. The summed E-state index contributed by atoms with van der Waals surface area (Å²) in [5, 5.41) is 7.53. The topological polar surface area (TPSA) is 82.1 Å². The number of aromatic nitrogens is 4. The molecule has 4 heterocycles. The molecule has 1 aliphatic rings. The van der Waals surface area contributed by atoms with Crippen LogP contribution in [0.15, 0.2) is 67.1 Å². The molecule has 3 aromatic heterocycles. The summed E-state index contributed by atoms with van der Waals surface area (Å²) in [4.78, 5) is 24.2. The quantitative estimate of drug-likeness (QED) is 0.165. The average molecular weight is 573 g/mol. The second-order valence-corrected chi connectivity index (χ2v) is 11.0. The van der Waals surface area contributed by atoms with Crippen molar-refractivity contribution in [3.8, 4) is 10.6 Å². The Balaban J connectivity index is 0.00000189. The van der Waals surface area contributed by atoms with Gasteiger partial charge in [-0.2, -0.15) is 0 Å². The minimum atomic E-state index is 0.669. The van der Waals surface area contributed by atoms with E-state index in [1.807, 2.05) is 32.3 Å². The number of hydrogen-bond acceptors (Lipinski definition) is 9. The van der Waals surface area contributed by atoms with Gasteiger partial charge < -0.3 is 10.6 Å². The van der Waals surface area contributed by atoms with Gasteiger partial charge in [0.2, 0.25) is 5.95 Å². The molecule has 0 unspecified atom stereocenters. The van der Waals surface area contributed by atoms with E-state index in [9.17, 15) is 0 Å². The Morgan fingerprint density at radius 3 is 2.29 bits per heavy atom. The average Bonchev–Trinajstić information content (AvgIpc) is 3.48. The van der Waals surface area contributed by atoms with Gasteiger partial charge in [0.05, 0.1) is 10.6 Å². The number of unbranched alkanes of at least 4 members (excludes halogenated alkanes) is 3. The molecule has 0 aliphatic carbocycles. The van der Waals surface area contributed by atoms with Gasteiger partial charge in [-0.1, -0.05) is 81.7 Å². The number of piperazine rings is 1. The standard InChI is InChI=1S/C30H38N8S.C2H6/c1-2-3-4-8-13-32-29-33-15-12-26(35-29)27-21-34-30(39-27)36-28-20-25(11-14-31-28)23-38-18-16-37(17-19-38)22-24-9-6-5-7-10-24;1-2/h5-7,9-12,14-15,20-21H,2-4,8,13,16-19,22-23H2,1H3,(H,31,34,36)(H,32,33,35);1-2H3. The van der Waals surface area contributed by atoms with Crippen LogP contribution in [0.2, 0.25) is 0 Å². The van der Waals surface area contributed by atoms with Gasteiger partial charge in [0.1, 0.15) is 5.82 Å². The number of pyridine rings is 1. The van der Waals surface area contributed by atoms with E-state index in [0.717, 1.165) is 73.8 Å². The first-order chi connectivity index (χ1) is 20.2. The smallest absolute Gasteiger partial charge is 0.223 e. The summed E-state index contributed by atoms with van der Waals surface area (Å²) < 4.78 is 0. The zero-order chi connectivity index (χ0) is 28.7. The number of anilines is 3. The summed E-state index contributed by atoms with van der Waals surface area (Å²) in [7, 11) is 0. The lowest BCUT2D eigenvalue weighted by molar-refractivity contribution is 0.122. The Hall–Kier alpha value is -3.40. The van der Waals surface area contributed by atoms with Crippen LogP contribution in [0.25, 0.3) is 10.6 Å². The van der Waals surface area contributed by atoms with Crippen LogP contribution in [-0.2, 0) is 13.1 Å². The molecule has 218 valence electrons. The van der Waals surface area contributed by atoms with Crippen molar-refractivity contribution in [3.05, 3.63) is 78.2 Å². The van der Waals surface area contributed by atoms with Crippen molar-refractivity contribution in [1.29, 1.82) is 0 Å². The highest BCUT2D eigenvalue weighted by Gasteiger charge is 2.17. The molecule has 5 rings (SSSR count). The van der Waals surface area contributed by atoms with Crippen LogP contribution in [0.3, 0.4) is 0 Å². The summed E-state index contributed by atoms with van der Waals surface area (Å²) in [6.07, 6.45) is 10.4. The molecule has 41 heavy (non-hydrogen) atoms. The lowest BCUT2D eigenvalue weighted by Crippen LogP contribution is -2.45. The molecular formula is C32H44N8S. The van der Waals surface area contributed by atoms with Gasteiger partial charge in [-0.05, 0) is 35.7 Å². The minimum Gasteiger partial charge on any atom is -0.354 e. The Morgan fingerprint density at radius 2 is 1.54 bits per heavy atom. The lowest BCUT2D eigenvalue weighted by Gasteiger charge is -2.34. The van der Waals surface area contributed by atoms with E-state index in [1.54, 1.807) is 17.5 Å². The fourth-order valence-electron chi connectivity index (χ4n) is 4.74. The van der Waals surface area contributed by atoms with Gasteiger partial charge >= 0.3 is 0 Å². The monoisotopic (exact) mass is 572 g/mol. The van der Waals surface area contributed by atoms with Crippen molar-refractivity contribution in [1.82, 2.24) is 29.7 Å². The van der Waals surface area contributed by atoms with E-state index in [4.69, 9.17) is 0 Å². The molecule has 0 atom stereocenters. The number of thiazole rings is 1. The van der Waals surface area contributed by atoms with Crippen LogP contribution in [0, 0.1) is 0 Å². The molecule has 0 radical (unpaired) electrons. The number of rotatable bonds is 13. The number of nitrogens with one attached hydrogen (secondary N) is 2. The fourth-order valence-corrected chi connectivity index (χ4v) is 5.53. The predicted molar refractivity (Wildman–Crippen MR) is 172 cm³/mol. The summed E-state index contributed by atoms with van der Waals surface area (Å²) >= 11 is 1.57. The van der Waals surface area contributed by atoms with E-state index in [1.165, 1.54) is 30.4 Å². The summed E-state index contributed by atoms with van der Waals surface area (Å²) in [6.45, 7) is 13.4. The van der Waals surface area contributed by atoms with E-state index in [2.05, 4.69) is 89.8 Å². The Bertz CT molecular complexity index is 1290. The molecule has 4 aromatic rings. The lowest BCUT2D eigenvalue weighted by atomic mass is 10.2. The zero-order valence-corrected chi connectivity index (χ0v) is 25.5. The van der Waals surface area contributed by atoms with E-state index >= 15 is 0 Å². The molecule has 2 N–H and O–H groups in total. The normalized spacial score (nSPS) is 13.8. The number of nitrogens with zero attached hydrogens (tertiary/aromatic N) is 6. The second kappa shape index (κ2) is 16.8. The summed E-state index contributed by atoms with van der Waals surface area (Å²) in [5.74, 6) is 1.48. The Kier molecular flexibility index (Phi) is 12.5. The van der Waals surface area contributed by atoms with Crippen molar-refractivity contribution < 1.29 is 0 Å². The molecular weight excluding hydrogens is 528 g/mol. The minimum absolute atomic E-state index is 0.669. The van der Waals surface area contributed by atoms with E-state index < -0.39 is 0 Å². The number of hydrogen-bond donors (Lipinski definition) is 2. The first kappa shape index (κ1) is 30.6. The third-order valence-corrected chi connectivity index (χ3v) is 7.84. The number of benzene rings is 1. The van der Waals surface area contributed by atoms with Crippen molar-refractivity contribution in [2.24, 2.45) is 0 Å². The van der Waals surface area contributed by atoms with Crippen LogP contribution < -0.4 is 10.6 Å². The van der Waals surface area contributed by atoms with Crippen molar-refractivity contribution >= 4 is 28.2 Å². The molecule has 1 saturated heterocycles. The van der Waals surface area contributed by atoms with Gasteiger partial charge in [0.25, 0.3) is 0 Å². The SMILES string of the molecule is CC.CCCCCCNc1nccc(-c2cnc(Nc3cc(CN4CCN(Cc5ccccc5)CC4)ccn3)s2)n1. The van der Waals surface area contributed by atoms with E-state index in [0.29, 0.717) is 5.95 Å². The largest absolute Gasteiger partial charge is 0.354 e.